The van der Waals surface area contributed by atoms with E-state index in [0.717, 1.165) is 31.8 Å². The topological polar surface area (TPSA) is 62.9 Å². The highest BCUT2D eigenvalue weighted by molar-refractivity contribution is 5.92. The fourth-order valence-corrected chi connectivity index (χ4v) is 1.76. The van der Waals surface area contributed by atoms with Crippen molar-refractivity contribution >= 4 is 11.6 Å². The van der Waals surface area contributed by atoms with Gasteiger partial charge in [0.15, 0.2) is 5.96 Å². The van der Waals surface area contributed by atoms with Gasteiger partial charge in [-0.1, -0.05) is 19.1 Å². The molecule has 0 atom stereocenters. The number of likely N-dealkylation sites (N-methyl/N-ethyl adjacent to an activating group) is 1. The number of hydrogen-bond donors (Lipinski definition) is 2. The Morgan fingerprint density at radius 2 is 2.20 bits per heavy atom. The number of nitrogens with two attached hydrogens (primary N) is 1. The van der Waals surface area contributed by atoms with Gasteiger partial charge < -0.3 is 20.7 Å². The van der Waals surface area contributed by atoms with E-state index in [4.69, 9.17) is 10.5 Å². The second-order valence-electron chi connectivity index (χ2n) is 4.74. The lowest BCUT2D eigenvalue weighted by Gasteiger charge is -2.14. The normalized spacial score (nSPS) is 11.9. The van der Waals surface area contributed by atoms with Crippen molar-refractivity contribution in [3.8, 4) is 0 Å². The van der Waals surface area contributed by atoms with Crippen LogP contribution in [0.15, 0.2) is 29.3 Å². The van der Waals surface area contributed by atoms with E-state index < -0.39 is 0 Å². The fraction of sp³-hybridized carbons (Fsp3) is 0.533. The van der Waals surface area contributed by atoms with Gasteiger partial charge in [-0.05, 0) is 31.2 Å². The van der Waals surface area contributed by atoms with Gasteiger partial charge in [0.2, 0.25) is 0 Å². The molecule has 0 aliphatic heterocycles. The molecule has 1 aromatic rings. The molecule has 0 aliphatic rings. The quantitative estimate of drug-likeness (QED) is 0.559. The number of rotatable bonds is 8. The zero-order valence-corrected chi connectivity index (χ0v) is 12.7. The molecule has 0 spiro atoms. The maximum absolute atomic E-state index is 5.88. The molecule has 0 saturated carbocycles. The molecule has 1 aromatic carbocycles. The Balaban J connectivity index is 2.37. The Bertz CT molecular complexity index is 420. The number of aryl methyl sites for hydroxylation is 1. The lowest BCUT2D eigenvalue weighted by atomic mass is 10.1. The van der Waals surface area contributed by atoms with Gasteiger partial charge in [-0.25, -0.2) is 0 Å². The maximum Gasteiger partial charge on any atom is 0.193 e. The number of nitrogens with one attached hydrogen (secondary N) is 1. The molecule has 5 nitrogen and oxygen atoms in total. The van der Waals surface area contributed by atoms with Crippen molar-refractivity contribution in [2.45, 2.75) is 13.3 Å². The van der Waals surface area contributed by atoms with Gasteiger partial charge in [0.1, 0.15) is 0 Å². The summed E-state index contributed by atoms with van der Waals surface area (Å²) < 4.78 is 5.03. The van der Waals surface area contributed by atoms with Crippen molar-refractivity contribution in [3.63, 3.8) is 0 Å². The van der Waals surface area contributed by atoms with Crippen LogP contribution in [-0.4, -0.2) is 51.3 Å². The van der Waals surface area contributed by atoms with E-state index in [2.05, 4.69) is 34.3 Å². The summed E-state index contributed by atoms with van der Waals surface area (Å²) in [6.45, 7) is 5.30. The highest BCUT2D eigenvalue weighted by atomic mass is 16.5. The van der Waals surface area contributed by atoms with Gasteiger partial charge in [-0.15, -0.1) is 0 Å². The minimum atomic E-state index is 0.457. The molecule has 3 N–H and O–H groups in total. The summed E-state index contributed by atoms with van der Waals surface area (Å²) >= 11 is 0. The van der Waals surface area contributed by atoms with Crippen LogP contribution in [-0.2, 0) is 11.2 Å². The number of benzene rings is 1. The third-order valence-electron chi connectivity index (χ3n) is 3.05. The minimum absolute atomic E-state index is 0.457. The summed E-state index contributed by atoms with van der Waals surface area (Å²) in [5.41, 5.74) is 8.14. The molecule has 20 heavy (non-hydrogen) atoms. The second-order valence-corrected chi connectivity index (χ2v) is 4.74. The first-order valence-electron chi connectivity index (χ1n) is 6.99. The second kappa shape index (κ2) is 9.34. The fourth-order valence-electron chi connectivity index (χ4n) is 1.76. The van der Waals surface area contributed by atoms with Crippen LogP contribution in [0.2, 0.25) is 0 Å². The van der Waals surface area contributed by atoms with Gasteiger partial charge in [0.25, 0.3) is 0 Å². The molecule has 0 unspecified atom stereocenters. The van der Waals surface area contributed by atoms with E-state index in [1.165, 1.54) is 5.56 Å². The number of anilines is 1. The van der Waals surface area contributed by atoms with E-state index in [-0.39, 0.29) is 0 Å². The number of ether oxygens (including phenoxy) is 1. The lowest BCUT2D eigenvalue weighted by Crippen LogP contribution is -2.28. The Hall–Kier alpha value is -1.59. The molecule has 0 heterocycles. The number of guanidine groups is 1. The Kier molecular flexibility index (Phi) is 7.69. The Labute approximate surface area is 121 Å². The van der Waals surface area contributed by atoms with Gasteiger partial charge in [-0.2, -0.15) is 0 Å². The predicted octanol–water partition coefficient (Wildman–Crippen LogP) is 1.55. The molecule has 0 radical (unpaired) electrons. The lowest BCUT2D eigenvalue weighted by molar-refractivity contribution is 0.163. The molecular formula is C15H26N4O. The summed E-state index contributed by atoms with van der Waals surface area (Å²) in [5, 5.41) is 3.12. The number of hydrogen-bond acceptors (Lipinski definition) is 3. The molecule has 1 rings (SSSR count). The third-order valence-corrected chi connectivity index (χ3v) is 3.05. The zero-order chi connectivity index (χ0) is 14.8. The zero-order valence-electron chi connectivity index (χ0n) is 12.7. The van der Waals surface area contributed by atoms with Crippen LogP contribution < -0.4 is 11.1 Å². The van der Waals surface area contributed by atoms with Crippen LogP contribution in [0.25, 0.3) is 0 Å². The van der Waals surface area contributed by atoms with Crippen LogP contribution in [0.3, 0.4) is 0 Å². The van der Waals surface area contributed by atoms with Crippen molar-refractivity contribution in [3.05, 3.63) is 29.8 Å². The van der Waals surface area contributed by atoms with Gasteiger partial charge >= 0.3 is 0 Å². The molecule has 0 aliphatic carbocycles. The van der Waals surface area contributed by atoms with E-state index >= 15 is 0 Å². The summed E-state index contributed by atoms with van der Waals surface area (Å²) in [4.78, 5) is 6.49. The first kappa shape index (κ1) is 16.5. The maximum atomic E-state index is 5.88. The third kappa shape index (κ3) is 6.54. The number of aliphatic imine (C=N–C) groups is 1. The van der Waals surface area contributed by atoms with Crippen LogP contribution in [0.1, 0.15) is 12.5 Å². The van der Waals surface area contributed by atoms with Gasteiger partial charge in [0, 0.05) is 25.9 Å². The van der Waals surface area contributed by atoms with Gasteiger partial charge in [0.05, 0.1) is 13.2 Å². The molecule has 5 heteroatoms. The molecule has 0 fully saturated rings. The van der Waals surface area contributed by atoms with Crippen LogP contribution in [0.5, 0.6) is 0 Å². The summed E-state index contributed by atoms with van der Waals surface area (Å²) in [6, 6.07) is 8.20. The standard InChI is InChI=1S/C15H26N4O/c1-4-13-6-5-7-14(12-13)18-15(16)17-8-9-19(2)10-11-20-3/h5-7,12H,4,8-11H2,1-3H3,(H3,16,17,18). The highest BCUT2D eigenvalue weighted by Crippen LogP contribution is 2.10. The summed E-state index contributed by atoms with van der Waals surface area (Å²) in [7, 11) is 3.75. The van der Waals surface area contributed by atoms with E-state index in [1.54, 1.807) is 7.11 Å². The first-order valence-corrected chi connectivity index (χ1v) is 6.99. The van der Waals surface area contributed by atoms with Crippen molar-refractivity contribution in [1.29, 1.82) is 0 Å². The van der Waals surface area contributed by atoms with E-state index in [1.807, 2.05) is 19.2 Å². The predicted molar refractivity (Wildman–Crippen MR) is 85.3 cm³/mol. The van der Waals surface area contributed by atoms with Crippen molar-refractivity contribution < 1.29 is 4.74 Å². The first-order chi connectivity index (χ1) is 9.65. The number of nitrogens with zero attached hydrogens (tertiary/aromatic N) is 2. The highest BCUT2D eigenvalue weighted by Gasteiger charge is 1.98. The monoisotopic (exact) mass is 278 g/mol. The molecule has 0 amide bonds. The molecule has 112 valence electrons. The van der Waals surface area contributed by atoms with E-state index in [0.29, 0.717) is 12.5 Å². The van der Waals surface area contributed by atoms with Gasteiger partial charge in [-0.3, -0.25) is 4.99 Å². The molecule has 0 bridgehead atoms. The molecule has 0 saturated heterocycles. The summed E-state index contributed by atoms with van der Waals surface area (Å²) in [5.74, 6) is 0.457. The number of methoxy groups -OCH3 is 1. The van der Waals surface area contributed by atoms with Crippen LogP contribution >= 0.6 is 0 Å². The Morgan fingerprint density at radius 1 is 1.40 bits per heavy atom. The molecular weight excluding hydrogens is 252 g/mol. The van der Waals surface area contributed by atoms with Crippen molar-refractivity contribution in [2.75, 3.05) is 45.7 Å². The average molecular weight is 278 g/mol. The largest absolute Gasteiger partial charge is 0.383 e. The Morgan fingerprint density at radius 3 is 2.90 bits per heavy atom. The average Bonchev–Trinajstić information content (AvgIpc) is 2.45. The van der Waals surface area contributed by atoms with Crippen molar-refractivity contribution in [2.24, 2.45) is 10.7 Å². The van der Waals surface area contributed by atoms with Crippen LogP contribution in [0, 0.1) is 0 Å². The summed E-state index contributed by atoms with van der Waals surface area (Å²) in [6.07, 6.45) is 1.01. The van der Waals surface area contributed by atoms with Crippen LogP contribution in [0.4, 0.5) is 5.69 Å². The smallest absolute Gasteiger partial charge is 0.193 e. The van der Waals surface area contributed by atoms with Crippen molar-refractivity contribution in [1.82, 2.24) is 4.90 Å². The SMILES string of the molecule is CCc1cccc(NC(N)=NCCN(C)CCOC)c1. The minimum Gasteiger partial charge on any atom is -0.383 e. The molecule has 0 aromatic heterocycles. The van der Waals surface area contributed by atoms with E-state index in [9.17, 15) is 0 Å².